The lowest BCUT2D eigenvalue weighted by Gasteiger charge is -2.38. The van der Waals surface area contributed by atoms with Gasteiger partial charge in [0.2, 0.25) is 5.91 Å². The van der Waals surface area contributed by atoms with Crippen LogP contribution in [-0.2, 0) is 4.79 Å². The lowest BCUT2D eigenvalue weighted by atomic mass is 9.92. The Morgan fingerprint density at radius 3 is 2.83 bits per heavy atom. The van der Waals surface area contributed by atoms with Crippen LogP contribution in [0.1, 0.15) is 26.2 Å². The summed E-state index contributed by atoms with van der Waals surface area (Å²) < 4.78 is 0. The lowest BCUT2D eigenvalue weighted by Crippen LogP contribution is -2.49. The van der Waals surface area contributed by atoms with E-state index >= 15 is 0 Å². The van der Waals surface area contributed by atoms with E-state index in [1.807, 2.05) is 4.90 Å². The minimum Gasteiger partial charge on any atom is -0.379 e. The highest BCUT2D eigenvalue weighted by Crippen LogP contribution is 2.24. The number of amides is 1. The van der Waals surface area contributed by atoms with E-state index in [0.717, 1.165) is 19.4 Å². The maximum absolute atomic E-state index is 12.4. The van der Waals surface area contributed by atoms with Crippen LogP contribution in [0.4, 0.5) is 11.4 Å². The molecule has 0 radical (unpaired) electrons. The highest BCUT2D eigenvalue weighted by molar-refractivity contribution is 5.85. The van der Waals surface area contributed by atoms with E-state index in [1.165, 1.54) is 6.07 Å². The molecule has 1 aliphatic rings. The number of halogens is 1. The third-order valence-electron chi connectivity index (χ3n) is 4.33. The maximum atomic E-state index is 12.4. The number of nitrogens with zero attached hydrogens (tertiary/aromatic N) is 2. The number of para-hydroxylation sites is 2. The van der Waals surface area contributed by atoms with Gasteiger partial charge >= 0.3 is 0 Å². The van der Waals surface area contributed by atoms with Crippen LogP contribution < -0.4 is 11.1 Å². The molecule has 134 valence electrons. The third-order valence-corrected chi connectivity index (χ3v) is 4.33. The monoisotopic (exact) mass is 356 g/mol. The van der Waals surface area contributed by atoms with Crippen molar-refractivity contribution < 1.29 is 9.72 Å². The second-order valence-electron chi connectivity index (χ2n) is 6.06. The molecule has 1 amide bonds. The van der Waals surface area contributed by atoms with Gasteiger partial charge in [0.15, 0.2) is 0 Å². The summed E-state index contributed by atoms with van der Waals surface area (Å²) in [5.74, 6) is 0.649. The van der Waals surface area contributed by atoms with Crippen molar-refractivity contribution in [2.24, 2.45) is 11.7 Å². The number of hydrogen-bond acceptors (Lipinski definition) is 5. The number of hydrogen-bond donors (Lipinski definition) is 2. The average Bonchev–Trinajstić information content (AvgIpc) is 2.54. The summed E-state index contributed by atoms with van der Waals surface area (Å²) >= 11 is 0. The van der Waals surface area contributed by atoms with Gasteiger partial charge in [-0.1, -0.05) is 19.1 Å². The van der Waals surface area contributed by atoms with Crippen LogP contribution in [0, 0.1) is 16.0 Å². The Kier molecular flexibility index (Phi) is 7.94. The normalized spacial score (nSPS) is 20.2. The molecule has 1 saturated heterocycles. The van der Waals surface area contributed by atoms with Gasteiger partial charge in [-0.25, -0.2) is 0 Å². The summed E-state index contributed by atoms with van der Waals surface area (Å²) in [7, 11) is 0. The topological polar surface area (TPSA) is 102 Å². The van der Waals surface area contributed by atoms with Crippen LogP contribution in [0.5, 0.6) is 0 Å². The molecule has 8 heteroatoms. The van der Waals surface area contributed by atoms with Gasteiger partial charge in [0.25, 0.3) is 5.69 Å². The highest BCUT2D eigenvalue weighted by atomic mass is 35.5. The third kappa shape index (κ3) is 5.07. The highest BCUT2D eigenvalue weighted by Gasteiger charge is 2.28. The van der Waals surface area contributed by atoms with E-state index in [-0.39, 0.29) is 30.0 Å². The number of likely N-dealkylation sites (tertiary alicyclic amines) is 1. The summed E-state index contributed by atoms with van der Waals surface area (Å²) in [5.41, 5.74) is 6.24. The first-order valence-electron chi connectivity index (χ1n) is 7.99. The number of benzene rings is 1. The van der Waals surface area contributed by atoms with Crippen molar-refractivity contribution in [3.63, 3.8) is 0 Å². The van der Waals surface area contributed by atoms with Crippen molar-refractivity contribution in [2.75, 3.05) is 25.0 Å². The Balaban J connectivity index is 0.00000288. The second kappa shape index (κ2) is 9.44. The Hall–Kier alpha value is -1.86. The summed E-state index contributed by atoms with van der Waals surface area (Å²) in [6.07, 6.45) is 2.25. The van der Waals surface area contributed by atoms with E-state index in [0.29, 0.717) is 31.1 Å². The molecular weight excluding hydrogens is 332 g/mol. The van der Waals surface area contributed by atoms with Crippen molar-refractivity contribution in [3.05, 3.63) is 34.4 Å². The Bertz CT molecular complexity index is 570. The van der Waals surface area contributed by atoms with Gasteiger partial charge in [-0.15, -0.1) is 12.4 Å². The van der Waals surface area contributed by atoms with Gasteiger partial charge in [0, 0.05) is 38.2 Å². The molecule has 0 aliphatic carbocycles. The van der Waals surface area contributed by atoms with Crippen molar-refractivity contribution in [1.29, 1.82) is 0 Å². The zero-order valence-electron chi connectivity index (χ0n) is 13.8. The molecule has 0 bridgehead atoms. The first kappa shape index (κ1) is 20.2. The van der Waals surface area contributed by atoms with E-state index in [1.54, 1.807) is 18.2 Å². The zero-order valence-corrected chi connectivity index (χ0v) is 14.6. The summed E-state index contributed by atoms with van der Waals surface area (Å²) in [6, 6.07) is 6.55. The molecule has 1 heterocycles. The lowest BCUT2D eigenvalue weighted by molar-refractivity contribution is -0.384. The van der Waals surface area contributed by atoms with Crippen LogP contribution in [-0.4, -0.2) is 41.4 Å². The number of nitro groups is 1. The number of nitro benzene ring substituents is 1. The van der Waals surface area contributed by atoms with Gasteiger partial charge < -0.3 is 16.0 Å². The fourth-order valence-electron chi connectivity index (χ4n) is 3.03. The number of nitrogens with two attached hydrogens (primary N) is 1. The van der Waals surface area contributed by atoms with Crippen LogP contribution in [0.15, 0.2) is 24.3 Å². The number of carbonyl (C=O) groups is 1. The molecule has 2 atom stereocenters. The predicted octanol–water partition coefficient (Wildman–Crippen LogP) is 2.40. The molecule has 1 fully saturated rings. The molecule has 1 aliphatic heterocycles. The van der Waals surface area contributed by atoms with Crippen molar-refractivity contribution >= 4 is 29.7 Å². The number of piperidine rings is 1. The fourth-order valence-corrected chi connectivity index (χ4v) is 3.03. The number of carbonyl (C=O) groups excluding carboxylic acids is 1. The molecule has 0 saturated carbocycles. The smallest absolute Gasteiger partial charge is 0.292 e. The van der Waals surface area contributed by atoms with Crippen LogP contribution in [0.25, 0.3) is 0 Å². The molecular formula is C16H25ClN4O3. The maximum Gasteiger partial charge on any atom is 0.292 e. The predicted molar refractivity (Wildman–Crippen MR) is 96.4 cm³/mol. The second-order valence-corrected chi connectivity index (χ2v) is 6.06. The molecule has 1 aromatic carbocycles. The summed E-state index contributed by atoms with van der Waals surface area (Å²) in [6.45, 7) is 3.77. The number of rotatable bonds is 6. The first-order valence-corrected chi connectivity index (χ1v) is 7.99. The molecule has 0 spiro atoms. The zero-order chi connectivity index (χ0) is 16.8. The average molecular weight is 357 g/mol. The van der Waals surface area contributed by atoms with Gasteiger partial charge in [-0.05, 0) is 24.8 Å². The Labute approximate surface area is 148 Å². The molecule has 2 rings (SSSR count). The quantitative estimate of drug-likeness (QED) is 0.602. The van der Waals surface area contributed by atoms with Crippen molar-refractivity contribution in [2.45, 2.75) is 32.2 Å². The van der Waals surface area contributed by atoms with Crippen LogP contribution >= 0.6 is 12.4 Å². The van der Waals surface area contributed by atoms with Crippen molar-refractivity contribution in [3.8, 4) is 0 Å². The van der Waals surface area contributed by atoms with Gasteiger partial charge in [-0.3, -0.25) is 14.9 Å². The fraction of sp³-hybridized carbons (Fsp3) is 0.562. The van der Waals surface area contributed by atoms with Crippen molar-refractivity contribution in [1.82, 2.24) is 4.90 Å². The van der Waals surface area contributed by atoms with Gasteiger partial charge in [-0.2, -0.15) is 0 Å². The van der Waals surface area contributed by atoms with E-state index in [4.69, 9.17) is 5.73 Å². The molecule has 3 N–H and O–H groups in total. The molecule has 7 nitrogen and oxygen atoms in total. The summed E-state index contributed by atoms with van der Waals surface area (Å²) in [4.78, 5) is 24.8. The van der Waals surface area contributed by atoms with E-state index < -0.39 is 4.92 Å². The van der Waals surface area contributed by atoms with Crippen LogP contribution in [0.3, 0.4) is 0 Å². The minimum atomic E-state index is -0.430. The minimum absolute atomic E-state index is 0. The van der Waals surface area contributed by atoms with Crippen LogP contribution in [0.2, 0.25) is 0 Å². The Morgan fingerprint density at radius 1 is 1.46 bits per heavy atom. The van der Waals surface area contributed by atoms with E-state index in [9.17, 15) is 14.9 Å². The number of anilines is 1. The first-order chi connectivity index (χ1) is 11.0. The molecule has 0 aromatic heterocycles. The van der Waals surface area contributed by atoms with Gasteiger partial charge in [0.05, 0.1) is 4.92 Å². The molecule has 2 unspecified atom stereocenters. The van der Waals surface area contributed by atoms with Gasteiger partial charge in [0.1, 0.15) is 5.69 Å². The molecule has 1 aromatic rings. The SMILES string of the molecule is CC1CCN(C(=O)CCNc2ccccc2[N+](=O)[O-])C(CN)C1.Cl. The summed E-state index contributed by atoms with van der Waals surface area (Å²) in [5, 5.41) is 13.9. The van der Waals surface area contributed by atoms with E-state index in [2.05, 4.69) is 12.2 Å². The Morgan fingerprint density at radius 2 is 2.17 bits per heavy atom. The number of nitrogens with one attached hydrogen (secondary N) is 1. The standard InChI is InChI=1S/C16H24N4O3.ClH/c1-12-7-9-19(13(10-12)11-17)16(21)6-8-18-14-4-2-3-5-15(14)20(22)23;/h2-5,12-13,18H,6-11,17H2,1H3;1H. The molecule has 24 heavy (non-hydrogen) atoms. The largest absolute Gasteiger partial charge is 0.379 e.